The Morgan fingerprint density at radius 2 is 1.48 bits per heavy atom. The molecule has 1 fully saturated rings. The lowest BCUT2D eigenvalue weighted by atomic mass is 9.96. The van der Waals surface area contributed by atoms with Crippen molar-refractivity contribution in [3.05, 3.63) is 82.9 Å². The highest BCUT2D eigenvalue weighted by Crippen LogP contribution is 2.49. The molecule has 0 bridgehead atoms. The molecule has 8 N–H and O–H groups in total. The Morgan fingerprint density at radius 3 is 2.17 bits per heavy atom. The van der Waals surface area contributed by atoms with Crippen LogP contribution in [-0.2, 0) is 11.3 Å². The van der Waals surface area contributed by atoms with E-state index in [9.17, 15) is 40.2 Å². The van der Waals surface area contributed by atoms with Gasteiger partial charge in [-0.3, -0.25) is 9.59 Å². The molecule has 8 rings (SSSR count). The number of aliphatic hydroxyl groups is 4. The number of nitrogens with zero attached hydrogens (tertiary/aromatic N) is 3. The minimum atomic E-state index is -1.77. The number of hydrogen-bond donors (Lipinski definition) is 8. The Hall–Kier alpha value is -5.53. The Morgan fingerprint density at radius 1 is 0.812 bits per heavy atom. The van der Waals surface area contributed by atoms with E-state index in [2.05, 4.69) is 10.4 Å². The van der Waals surface area contributed by atoms with Gasteiger partial charge in [-0.1, -0.05) is 36.4 Å². The molecule has 0 radical (unpaired) electrons. The van der Waals surface area contributed by atoms with E-state index in [1.54, 1.807) is 48.5 Å². The number of aromatic amines is 1. The summed E-state index contributed by atoms with van der Waals surface area (Å²) in [6, 6.07) is 17.9. The number of phenolic OH excluding ortho intramolecular Hbond substituents is 2. The smallest absolute Gasteiger partial charge is 0.276 e. The number of carbonyl (C=O) groups excluding carboxylic acids is 2. The zero-order chi connectivity index (χ0) is 33.6. The number of rotatable bonds is 5. The van der Waals surface area contributed by atoms with E-state index in [-0.39, 0.29) is 62.0 Å². The number of aromatic nitrogens is 2. The molecule has 1 saturated heterocycles. The maximum Gasteiger partial charge on any atom is 0.276 e. The first-order valence-electron chi connectivity index (χ1n) is 15.0. The van der Waals surface area contributed by atoms with Gasteiger partial charge in [0.25, 0.3) is 11.8 Å². The van der Waals surface area contributed by atoms with Crippen LogP contribution in [0, 0.1) is 11.3 Å². The minimum absolute atomic E-state index is 0.0157. The number of nitriles is 1. The Bertz CT molecular complexity index is 2370. The fraction of sp³-hybridized carbons (Fsp3) is 0.206. The first-order chi connectivity index (χ1) is 23.2. The lowest BCUT2D eigenvalue weighted by molar-refractivity contribution is -0.249. The van der Waals surface area contributed by atoms with Gasteiger partial charge >= 0.3 is 0 Å². The third-order valence-corrected chi connectivity index (χ3v) is 9.28. The number of nitrogens with one attached hydrogen (secondary N) is 2. The molecule has 48 heavy (non-hydrogen) atoms. The zero-order valence-electron chi connectivity index (χ0n) is 24.8. The Labute approximate surface area is 269 Å². The number of hydrazine groups is 1. The summed E-state index contributed by atoms with van der Waals surface area (Å²) >= 11 is 0. The van der Waals surface area contributed by atoms with E-state index in [0.717, 1.165) is 5.01 Å². The topological polar surface area (TPSA) is 225 Å². The Balaban J connectivity index is 1.44. The number of hydrogen-bond acceptors (Lipinski definition) is 11. The molecule has 2 aliphatic heterocycles. The number of imide groups is 1. The van der Waals surface area contributed by atoms with Crippen LogP contribution in [0.2, 0.25) is 0 Å². The van der Waals surface area contributed by atoms with Gasteiger partial charge in [-0.2, -0.15) is 5.26 Å². The number of aromatic hydroxyl groups is 2. The standard InChI is InChI=1S/C34H27N5O9/c35-11-14-7-9-15(10-8-14)12-36-39-32(46)23-21-16-3-1-5-18(41)25(16)37-26(21)28-22(24(23)33(39)47)17-4-2-6-19(42)27(17)38(28)34-31(45)30(44)29(43)20(13-40)48-34/h1-10,20,29-31,34,36-37,40-45H,12-13H2/t20-,29-,30+,31-,34-/m1/s1. The average molecular weight is 650 g/mol. The van der Waals surface area contributed by atoms with E-state index in [1.807, 2.05) is 6.07 Å². The average Bonchev–Trinajstić information content (AvgIpc) is 3.72. The highest BCUT2D eigenvalue weighted by atomic mass is 16.6. The van der Waals surface area contributed by atoms with Crippen molar-refractivity contribution in [2.75, 3.05) is 6.61 Å². The van der Waals surface area contributed by atoms with Crippen LogP contribution in [0.3, 0.4) is 0 Å². The summed E-state index contributed by atoms with van der Waals surface area (Å²) in [6.07, 6.45) is -8.00. The van der Waals surface area contributed by atoms with Gasteiger partial charge in [-0.25, -0.2) is 10.4 Å². The maximum absolute atomic E-state index is 14.4. The van der Waals surface area contributed by atoms with Crippen molar-refractivity contribution in [2.24, 2.45) is 0 Å². The summed E-state index contributed by atoms with van der Waals surface area (Å²) in [5.74, 6) is -1.81. The first kappa shape index (κ1) is 29.8. The number of carbonyl (C=O) groups is 2. The molecule has 0 unspecified atom stereocenters. The second-order valence-electron chi connectivity index (χ2n) is 11.9. The third kappa shape index (κ3) is 4.00. The predicted octanol–water partition coefficient (Wildman–Crippen LogP) is 1.99. The summed E-state index contributed by atoms with van der Waals surface area (Å²) in [5.41, 5.74) is 4.84. The van der Waals surface area contributed by atoms with Crippen molar-refractivity contribution in [1.29, 1.82) is 5.26 Å². The van der Waals surface area contributed by atoms with Gasteiger partial charge in [0.2, 0.25) is 0 Å². The Kier molecular flexibility index (Phi) is 6.69. The fourth-order valence-corrected chi connectivity index (χ4v) is 7.04. The van der Waals surface area contributed by atoms with E-state index in [0.29, 0.717) is 21.9 Å². The van der Waals surface area contributed by atoms with Crippen LogP contribution in [-0.4, -0.2) is 88.0 Å². The molecule has 0 saturated carbocycles. The lowest BCUT2D eigenvalue weighted by Gasteiger charge is -2.41. The number of para-hydroxylation sites is 2. The molecule has 2 aromatic heterocycles. The number of aliphatic hydroxyl groups excluding tert-OH is 4. The second kappa shape index (κ2) is 10.8. The van der Waals surface area contributed by atoms with E-state index in [4.69, 9.17) is 10.00 Å². The summed E-state index contributed by atoms with van der Waals surface area (Å²) in [4.78, 5) is 31.8. The van der Waals surface area contributed by atoms with Gasteiger partial charge in [0.05, 0.1) is 51.4 Å². The molecular formula is C34H27N5O9. The number of H-pyrrole nitrogens is 1. The van der Waals surface area contributed by atoms with Gasteiger partial charge in [0.1, 0.15) is 35.9 Å². The largest absolute Gasteiger partial charge is 0.506 e. The van der Waals surface area contributed by atoms with Crippen molar-refractivity contribution in [2.45, 2.75) is 37.2 Å². The van der Waals surface area contributed by atoms with E-state index in [1.165, 1.54) is 16.7 Å². The van der Waals surface area contributed by atoms with Crippen molar-refractivity contribution >= 4 is 55.4 Å². The number of ether oxygens (including phenoxy) is 1. The normalized spacial score (nSPS) is 22.7. The van der Waals surface area contributed by atoms with Crippen LogP contribution >= 0.6 is 0 Å². The molecular weight excluding hydrogens is 622 g/mol. The minimum Gasteiger partial charge on any atom is -0.506 e. The van der Waals surface area contributed by atoms with Crippen LogP contribution in [0.4, 0.5) is 0 Å². The molecule has 6 aromatic rings. The summed E-state index contributed by atoms with van der Waals surface area (Å²) in [6.45, 7) is -0.645. The highest BCUT2D eigenvalue weighted by Gasteiger charge is 2.47. The van der Waals surface area contributed by atoms with Crippen LogP contribution in [0.5, 0.6) is 11.5 Å². The number of amides is 2. The van der Waals surface area contributed by atoms with Gasteiger partial charge in [-0.15, -0.1) is 0 Å². The molecule has 2 aliphatic rings. The first-order valence-corrected chi connectivity index (χ1v) is 15.0. The molecule has 5 atom stereocenters. The molecule has 0 spiro atoms. The molecule has 14 nitrogen and oxygen atoms in total. The summed E-state index contributed by atoms with van der Waals surface area (Å²) < 4.78 is 7.35. The van der Waals surface area contributed by atoms with E-state index < -0.39 is 49.1 Å². The van der Waals surface area contributed by atoms with Crippen LogP contribution < -0.4 is 5.43 Å². The second-order valence-corrected chi connectivity index (χ2v) is 11.9. The summed E-state index contributed by atoms with van der Waals surface area (Å²) in [5, 5.41) is 75.9. The third-order valence-electron chi connectivity index (χ3n) is 9.28. The molecule has 4 heterocycles. The van der Waals surface area contributed by atoms with Crippen molar-refractivity contribution in [3.63, 3.8) is 0 Å². The van der Waals surface area contributed by atoms with Crippen LogP contribution in [0.25, 0.3) is 43.6 Å². The van der Waals surface area contributed by atoms with Crippen molar-refractivity contribution < 1.29 is 45.0 Å². The molecule has 0 aliphatic carbocycles. The lowest BCUT2D eigenvalue weighted by Crippen LogP contribution is -2.56. The molecule has 2 amide bonds. The number of benzene rings is 4. The van der Waals surface area contributed by atoms with Gasteiger partial charge in [0, 0.05) is 28.1 Å². The van der Waals surface area contributed by atoms with Crippen molar-refractivity contribution in [1.82, 2.24) is 20.0 Å². The monoisotopic (exact) mass is 649 g/mol. The van der Waals surface area contributed by atoms with Gasteiger partial charge in [-0.05, 0) is 29.8 Å². The number of phenols is 2. The zero-order valence-corrected chi connectivity index (χ0v) is 24.8. The molecule has 242 valence electrons. The SMILES string of the molecule is N#Cc1ccc(CNN2C(=O)c3c(c4c5cccc(O)c5n([C@@H]5O[C@H](CO)[C@@H](O)[C@H](O)[C@H]5O)c4c4[nH]c5c(O)cccc5c34)C2=O)cc1. The van der Waals surface area contributed by atoms with Gasteiger partial charge in [0.15, 0.2) is 6.23 Å². The maximum atomic E-state index is 14.4. The van der Waals surface area contributed by atoms with Crippen LogP contribution in [0.15, 0.2) is 60.7 Å². The molecule has 4 aromatic carbocycles. The predicted molar refractivity (Wildman–Crippen MR) is 170 cm³/mol. The highest BCUT2D eigenvalue weighted by molar-refractivity contribution is 6.39. The number of fused-ring (bicyclic) bond motifs is 10. The summed E-state index contributed by atoms with van der Waals surface area (Å²) in [7, 11) is 0. The van der Waals surface area contributed by atoms with E-state index >= 15 is 0 Å². The quantitative estimate of drug-likeness (QED) is 0.126. The van der Waals surface area contributed by atoms with Gasteiger partial charge < -0.3 is 44.9 Å². The van der Waals surface area contributed by atoms with Crippen LogP contribution in [0.1, 0.15) is 38.1 Å². The fourth-order valence-electron chi connectivity index (χ4n) is 7.04. The van der Waals surface area contributed by atoms with Crippen molar-refractivity contribution in [3.8, 4) is 17.6 Å². The molecule has 14 heteroatoms.